The molecule has 0 saturated carbocycles. The summed E-state index contributed by atoms with van der Waals surface area (Å²) in [5, 5.41) is 0.176. The van der Waals surface area contributed by atoms with E-state index in [1.54, 1.807) is 19.1 Å². The van der Waals surface area contributed by atoms with Crippen molar-refractivity contribution < 1.29 is 9.00 Å². The van der Waals surface area contributed by atoms with Crippen LogP contribution >= 0.6 is 23.2 Å². The van der Waals surface area contributed by atoms with Crippen LogP contribution in [-0.2, 0) is 10.8 Å². The van der Waals surface area contributed by atoms with E-state index in [1.165, 1.54) is 6.07 Å². The molecule has 0 spiro atoms. The van der Waals surface area contributed by atoms with Gasteiger partial charge in [-0.1, -0.05) is 23.2 Å². The van der Waals surface area contributed by atoms with Crippen molar-refractivity contribution in [3.8, 4) is 0 Å². The van der Waals surface area contributed by atoms with Gasteiger partial charge < -0.3 is 0 Å². The van der Waals surface area contributed by atoms with Crippen molar-refractivity contribution in [3.63, 3.8) is 0 Å². The average Bonchev–Trinajstić information content (AvgIpc) is 2.25. The number of carbonyl (C=O) groups is 1. The standard InChI is InChI=1S/C13H16Cl2O2S/c1-8(18(17)13(2,3)4)12(16)10-6-5-9(14)7-11(10)15/h5-8H,1-4H3. The molecule has 1 aromatic carbocycles. The lowest BCUT2D eigenvalue weighted by Crippen LogP contribution is -2.34. The Hall–Kier alpha value is -0.380. The van der Waals surface area contributed by atoms with Crippen LogP contribution in [0.2, 0.25) is 10.0 Å². The molecule has 100 valence electrons. The molecule has 18 heavy (non-hydrogen) atoms. The highest BCUT2D eigenvalue weighted by atomic mass is 35.5. The third-order valence-corrected chi connectivity index (χ3v) is 5.10. The zero-order chi connectivity index (χ0) is 14.1. The van der Waals surface area contributed by atoms with Gasteiger partial charge in [0.2, 0.25) is 0 Å². The van der Waals surface area contributed by atoms with Crippen LogP contribution in [0.5, 0.6) is 0 Å². The highest BCUT2D eigenvalue weighted by Gasteiger charge is 2.30. The number of hydrogen-bond acceptors (Lipinski definition) is 2. The van der Waals surface area contributed by atoms with Gasteiger partial charge in [-0.3, -0.25) is 9.00 Å². The van der Waals surface area contributed by atoms with Gasteiger partial charge in [0.1, 0.15) is 0 Å². The van der Waals surface area contributed by atoms with E-state index in [-0.39, 0.29) is 5.78 Å². The van der Waals surface area contributed by atoms with E-state index in [4.69, 9.17) is 23.2 Å². The van der Waals surface area contributed by atoms with Gasteiger partial charge in [-0.15, -0.1) is 0 Å². The summed E-state index contributed by atoms with van der Waals surface area (Å²) >= 11 is 11.8. The quantitative estimate of drug-likeness (QED) is 0.787. The number of rotatable bonds is 3. The predicted octanol–water partition coefficient (Wildman–Crippen LogP) is 4.11. The van der Waals surface area contributed by atoms with Crippen LogP contribution in [0.4, 0.5) is 0 Å². The monoisotopic (exact) mass is 306 g/mol. The largest absolute Gasteiger partial charge is 0.293 e. The second kappa shape index (κ2) is 5.72. The number of carbonyl (C=O) groups excluding carboxylic acids is 1. The fourth-order valence-corrected chi connectivity index (χ4v) is 3.42. The first kappa shape index (κ1) is 15.7. The van der Waals surface area contributed by atoms with Crippen LogP contribution in [-0.4, -0.2) is 20.0 Å². The molecule has 0 aliphatic heterocycles. The number of halogens is 2. The molecule has 0 aliphatic rings. The van der Waals surface area contributed by atoms with Crippen molar-refractivity contribution >= 4 is 39.8 Å². The Kier molecular flexibility index (Phi) is 4.98. The van der Waals surface area contributed by atoms with E-state index >= 15 is 0 Å². The van der Waals surface area contributed by atoms with Crippen LogP contribution in [0.1, 0.15) is 38.1 Å². The predicted molar refractivity (Wildman–Crippen MR) is 78.1 cm³/mol. The van der Waals surface area contributed by atoms with E-state index < -0.39 is 20.8 Å². The minimum absolute atomic E-state index is 0.218. The van der Waals surface area contributed by atoms with Crippen molar-refractivity contribution in [2.24, 2.45) is 0 Å². The molecule has 2 unspecified atom stereocenters. The maximum Gasteiger partial charge on any atom is 0.179 e. The zero-order valence-corrected chi connectivity index (χ0v) is 13.1. The van der Waals surface area contributed by atoms with E-state index in [2.05, 4.69) is 0 Å². The Morgan fingerprint density at radius 3 is 2.28 bits per heavy atom. The lowest BCUT2D eigenvalue weighted by atomic mass is 10.1. The average molecular weight is 307 g/mol. The highest BCUT2D eigenvalue weighted by Crippen LogP contribution is 2.25. The number of Topliss-reactive ketones (excluding diaryl/α,β-unsaturated/α-hetero) is 1. The Balaban J connectivity index is 3.04. The second-order valence-electron chi connectivity index (χ2n) is 5.04. The molecule has 2 nitrogen and oxygen atoms in total. The molecule has 0 fully saturated rings. The lowest BCUT2D eigenvalue weighted by molar-refractivity contribution is 0.0992. The Morgan fingerprint density at radius 2 is 1.83 bits per heavy atom. The van der Waals surface area contributed by atoms with Crippen molar-refractivity contribution in [2.45, 2.75) is 37.7 Å². The van der Waals surface area contributed by atoms with Gasteiger partial charge in [0.05, 0.1) is 10.3 Å². The van der Waals surface area contributed by atoms with Crippen LogP contribution in [0.15, 0.2) is 18.2 Å². The van der Waals surface area contributed by atoms with Gasteiger partial charge >= 0.3 is 0 Å². The van der Waals surface area contributed by atoms with Crippen molar-refractivity contribution in [2.75, 3.05) is 0 Å². The molecular weight excluding hydrogens is 291 g/mol. The van der Waals surface area contributed by atoms with Crippen LogP contribution < -0.4 is 0 Å². The molecule has 0 heterocycles. The number of ketones is 1. The molecule has 1 rings (SSSR count). The number of benzene rings is 1. The van der Waals surface area contributed by atoms with Crippen LogP contribution in [0.3, 0.4) is 0 Å². The third-order valence-electron chi connectivity index (χ3n) is 2.49. The van der Waals surface area contributed by atoms with Crippen molar-refractivity contribution in [1.29, 1.82) is 0 Å². The smallest absolute Gasteiger partial charge is 0.179 e. The summed E-state index contributed by atoms with van der Waals surface area (Å²) in [7, 11) is -1.27. The fraction of sp³-hybridized carbons (Fsp3) is 0.462. The summed E-state index contributed by atoms with van der Waals surface area (Å²) in [6.07, 6.45) is 0. The third kappa shape index (κ3) is 3.56. The van der Waals surface area contributed by atoms with E-state index in [1.807, 2.05) is 20.8 Å². The van der Waals surface area contributed by atoms with Crippen LogP contribution in [0, 0.1) is 0 Å². The van der Waals surface area contributed by atoms with E-state index in [0.29, 0.717) is 15.6 Å². The summed E-state index contributed by atoms with van der Waals surface area (Å²) in [4.78, 5) is 12.2. The molecule has 0 amide bonds. The van der Waals surface area contributed by atoms with Gasteiger partial charge in [-0.05, 0) is 45.9 Å². The summed E-state index contributed by atoms with van der Waals surface area (Å²) < 4.78 is 11.7. The summed E-state index contributed by atoms with van der Waals surface area (Å²) in [6.45, 7) is 7.19. The summed E-state index contributed by atoms with van der Waals surface area (Å²) in [5.74, 6) is -0.218. The first-order valence-electron chi connectivity index (χ1n) is 5.54. The normalized spacial score (nSPS) is 15.2. The summed E-state index contributed by atoms with van der Waals surface area (Å²) in [5.41, 5.74) is 0.367. The molecule has 5 heteroatoms. The molecule has 2 atom stereocenters. The molecule has 0 saturated heterocycles. The molecule has 0 N–H and O–H groups in total. The topological polar surface area (TPSA) is 34.1 Å². The molecule has 0 bridgehead atoms. The Morgan fingerprint density at radius 1 is 1.28 bits per heavy atom. The Labute approximate surface area is 120 Å². The number of hydrogen-bond donors (Lipinski definition) is 0. The van der Waals surface area contributed by atoms with E-state index in [0.717, 1.165) is 0 Å². The highest BCUT2D eigenvalue weighted by molar-refractivity contribution is 7.87. The van der Waals surface area contributed by atoms with Gasteiger partial charge in [0, 0.05) is 26.1 Å². The van der Waals surface area contributed by atoms with Crippen LogP contribution in [0.25, 0.3) is 0 Å². The first-order valence-corrected chi connectivity index (χ1v) is 7.51. The maximum absolute atomic E-state index is 12.2. The fourth-order valence-electron chi connectivity index (χ4n) is 1.54. The van der Waals surface area contributed by atoms with Gasteiger partial charge in [-0.2, -0.15) is 0 Å². The zero-order valence-electron chi connectivity index (χ0n) is 10.8. The summed E-state index contributed by atoms with van der Waals surface area (Å²) in [6, 6.07) is 4.69. The molecule has 0 aliphatic carbocycles. The van der Waals surface area contributed by atoms with Gasteiger partial charge in [0.25, 0.3) is 0 Å². The van der Waals surface area contributed by atoms with Crippen molar-refractivity contribution in [3.05, 3.63) is 33.8 Å². The van der Waals surface area contributed by atoms with E-state index in [9.17, 15) is 9.00 Å². The van der Waals surface area contributed by atoms with Crippen molar-refractivity contribution in [1.82, 2.24) is 0 Å². The molecule has 1 aromatic rings. The molecule has 0 radical (unpaired) electrons. The molecule has 0 aromatic heterocycles. The van der Waals surface area contributed by atoms with Gasteiger partial charge in [-0.25, -0.2) is 0 Å². The first-order chi connectivity index (χ1) is 8.14. The van der Waals surface area contributed by atoms with Gasteiger partial charge in [0.15, 0.2) is 5.78 Å². The minimum atomic E-state index is -1.27. The molecular formula is C13H16Cl2O2S. The lowest BCUT2D eigenvalue weighted by Gasteiger charge is -2.22. The Bertz CT molecular complexity index is 492. The maximum atomic E-state index is 12.2. The SMILES string of the molecule is CC(C(=O)c1ccc(Cl)cc1Cl)S(=O)C(C)(C)C. The minimum Gasteiger partial charge on any atom is -0.293 e. The second-order valence-corrected chi connectivity index (χ2v) is 8.41.